The van der Waals surface area contributed by atoms with Crippen LogP contribution in [0.2, 0.25) is 0 Å². The van der Waals surface area contributed by atoms with Crippen LogP contribution in [0.1, 0.15) is 73.9 Å². The van der Waals surface area contributed by atoms with E-state index >= 15 is 0 Å². The molecule has 270 valence electrons. The summed E-state index contributed by atoms with van der Waals surface area (Å²) in [5.41, 5.74) is 6.64. The Kier molecular flexibility index (Phi) is 8.88. The molecule has 3 amide bonds. The lowest BCUT2D eigenvalue weighted by molar-refractivity contribution is -0.117. The van der Waals surface area contributed by atoms with Crippen LogP contribution in [-0.4, -0.2) is 80.8 Å². The van der Waals surface area contributed by atoms with Crippen LogP contribution in [0.4, 0.5) is 28.7 Å². The first-order valence-electron chi connectivity index (χ1n) is 17.9. The lowest BCUT2D eigenvalue weighted by atomic mass is 9.91. The number of aromatic nitrogens is 5. The molecule has 3 fully saturated rings. The van der Waals surface area contributed by atoms with Crippen molar-refractivity contribution in [3.8, 4) is 11.1 Å². The fourth-order valence-electron chi connectivity index (χ4n) is 7.06. The predicted molar refractivity (Wildman–Crippen MR) is 207 cm³/mol. The van der Waals surface area contributed by atoms with E-state index in [2.05, 4.69) is 83.3 Å². The summed E-state index contributed by atoms with van der Waals surface area (Å²) in [7, 11) is 3.85. The van der Waals surface area contributed by atoms with Crippen LogP contribution < -0.4 is 25.8 Å². The van der Waals surface area contributed by atoms with Crippen molar-refractivity contribution in [2.45, 2.75) is 68.1 Å². The van der Waals surface area contributed by atoms with E-state index in [0.29, 0.717) is 23.9 Å². The van der Waals surface area contributed by atoms with Gasteiger partial charge in [0, 0.05) is 69.8 Å². The van der Waals surface area contributed by atoms with E-state index in [0.717, 1.165) is 79.1 Å². The summed E-state index contributed by atoms with van der Waals surface area (Å²) < 4.78 is 1.78. The molecule has 1 aromatic carbocycles. The highest BCUT2D eigenvalue weighted by atomic mass is 127. The first-order valence-corrected chi connectivity index (χ1v) is 18.9. The van der Waals surface area contributed by atoms with Crippen molar-refractivity contribution >= 4 is 69.0 Å². The number of fused-ring (bicyclic) bond motifs is 3. The number of para-hydroxylation sites is 1. The van der Waals surface area contributed by atoms with Gasteiger partial charge in [-0.05, 0) is 72.9 Å². The van der Waals surface area contributed by atoms with Gasteiger partial charge in [0.05, 0.1) is 40.7 Å². The zero-order valence-corrected chi connectivity index (χ0v) is 31.8. The zero-order chi connectivity index (χ0) is 36.3. The molecule has 4 aliphatic rings. The number of nitrogens with one attached hydrogen (secondary N) is 3. The number of carbonyl (C=O) groups excluding carboxylic acids is 3. The first kappa shape index (κ1) is 34.4. The van der Waals surface area contributed by atoms with Gasteiger partial charge in [0.2, 0.25) is 11.8 Å². The minimum absolute atomic E-state index is 0.00441. The normalized spacial score (nSPS) is 19.7. The van der Waals surface area contributed by atoms with Gasteiger partial charge >= 0.3 is 0 Å². The summed E-state index contributed by atoms with van der Waals surface area (Å²) in [5.74, 6) is 0.538. The molecular weight excluding hydrogens is 773 g/mol. The molecule has 52 heavy (non-hydrogen) atoms. The molecule has 1 saturated heterocycles. The third-order valence-electron chi connectivity index (χ3n) is 10.5. The summed E-state index contributed by atoms with van der Waals surface area (Å²) in [6.07, 6.45) is 6.43. The third-order valence-corrected chi connectivity index (χ3v) is 12.5. The molecule has 4 aromatic rings. The fraction of sp³-hybridized carbons (Fsp3) is 0.432. The third kappa shape index (κ3) is 6.37. The second-order valence-electron chi connectivity index (χ2n) is 14.3. The van der Waals surface area contributed by atoms with Crippen molar-refractivity contribution in [3.63, 3.8) is 0 Å². The van der Waals surface area contributed by atoms with E-state index < -0.39 is 3.55 Å². The molecule has 0 spiro atoms. The van der Waals surface area contributed by atoms with Crippen molar-refractivity contribution in [2.24, 2.45) is 5.92 Å². The Labute approximate surface area is 315 Å². The Bertz CT molecular complexity index is 2070. The van der Waals surface area contributed by atoms with E-state index in [1.54, 1.807) is 18.0 Å². The molecule has 14 nitrogen and oxygen atoms in total. The van der Waals surface area contributed by atoms with Crippen molar-refractivity contribution in [1.82, 2.24) is 35.2 Å². The van der Waals surface area contributed by atoms with Gasteiger partial charge in [-0.15, -0.1) is 10.2 Å². The molecule has 1 atom stereocenters. The number of benzene rings is 1. The summed E-state index contributed by atoms with van der Waals surface area (Å²) in [4.78, 5) is 48.7. The van der Waals surface area contributed by atoms with Crippen molar-refractivity contribution in [3.05, 3.63) is 65.7 Å². The van der Waals surface area contributed by atoms with E-state index in [4.69, 9.17) is 10.1 Å². The maximum absolute atomic E-state index is 13.3. The molecule has 2 aliphatic carbocycles. The predicted octanol–water partition coefficient (Wildman–Crippen LogP) is 5.21. The molecule has 0 radical (unpaired) electrons. The number of halogens is 1. The number of alkyl halides is 1. The van der Waals surface area contributed by atoms with E-state index in [1.807, 2.05) is 36.5 Å². The number of carbonyl (C=O) groups is 3. The van der Waals surface area contributed by atoms with Crippen LogP contribution in [0, 0.1) is 5.92 Å². The van der Waals surface area contributed by atoms with Crippen molar-refractivity contribution in [1.29, 1.82) is 0 Å². The number of hydrogen-bond donors (Lipinski definition) is 3. The Morgan fingerprint density at radius 1 is 1.02 bits per heavy atom. The minimum Gasteiger partial charge on any atom is -0.353 e. The summed E-state index contributed by atoms with van der Waals surface area (Å²) in [6, 6.07) is 14.0. The van der Waals surface area contributed by atoms with Crippen LogP contribution in [0.25, 0.3) is 11.1 Å². The molecule has 2 saturated carbocycles. The highest BCUT2D eigenvalue weighted by Crippen LogP contribution is 2.55. The molecule has 0 unspecified atom stereocenters. The van der Waals surface area contributed by atoms with Crippen LogP contribution in [-0.2, 0) is 19.7 Å². The average molecular weight is 816 g/mol. The lowest BCUT2D eigenvalue weighted by Gasteiger charge is -2.47. The number of nitrogens with zero attached hydrogens (tertiary/aromatic N) is 8. The van der Waals surface area contributed by atoms with E-state index in [-0.39, 0.29) is 41.4 Å². The van der Waals surface area contributed by atoms with Gasteiger partial charge in [-0.1, -0.05) is 25.1 Å². The number of rotatable bonds is 11. The number of hydrogen-bond acceptors (Lipinski definition) is 10. The van der Waals surface area contributed by atoms with Gasteiger partial charge in [-0.2, -0.15) is 5.10 Å². The van der Waals surface area contributed by atoms with Crippen molar-refractivity contribution in [2.75, 3.05) is 47.6 Å². The van der Waals surface area contributed by atoms with E-state index in [1.165, 1.54) is 6.92 Å². The molecule has 2 aliphatic heterocycles. The number of pyridine rings is 1. The molecule has 3 N–H and O–H groups in total. The lowest BCUT2D eigenvalue weighted by Crippen LogP contribution is -2.50. The Morgan fingerprint density at radius 3 is 2.50 bits per heavy atom. The van der Waals surface area contributed by atoms with Crippen LogP contribution in [0.5, 0.6) is 0 Å². The van der Waals surface area contributed by atoms with Gasteiger partial charge < -0.3 is 25.8 Å². The van der Waals surface area contributed by atoms with Gasteiger partial charge in [-0.3, -0.25) is 24.0 Å². The molecule has 8 rings (SSSR count). The van der Waals surface area contributed by atoms with Crippen LogP contribution in [0.15, 0.2) is 48.7 Å². The number of amides is 3. The Hall–Kier alpha value is -4.64. The molecule has 15 heteroatoms. The van der Waals surface area contributed by atoms with Crippen LogP contribution >= 0.6 is 22.6 Å². The molecule has 0 bridgehead atoms. The van der Waals surface area contributed by atoms with Gasteiger partial charge in [-0.25, -0.2) is 4.98 Å². The van der Waals surface area contributed by atoms with Gasteiger partial charge in [0.25, 0.3) is 5.91 Å². The highest BCUT2D eigenvalue weighted by Gasteiger charge is 2.46. The van der Waals surface area contributed by atoms with Gasteiger partial charge in [0.15, 0.2) is 11.5 Å². The topological polar surface area (TPSA) is 154 Å². The maximum Gasteiger partial charge on any atom is 0.274 e. The number of likely N-dealkylation sites (tertiary alicyclic amines) is 1. The summed E-state index contributed by atoms with van der Waals surface area (Å²) in [5, 5.41) is 22.9. The fourth-order valence-corrected chi connectivity index (χ4v) is 7.84. The van der Waals surface area contributed by atoms with E-state index in [9.17, 15) is 14.4 Å². The summed E-state index contributed by atoms with van der Waals surface area (Å²) in [6.45, 7) is 6.08. The standard InChI is InChI=1S/C37H42IN11O3/c1-5-37(38)34-27(17-39-49(34)25-19-48(20-25)18-24-8-6-11-31(40-24)46(3)21(2)50)26-9-7-10-28(33(26)47(37)4)42-29-16-30(43-35(51)22-12-13-22)44-45-32(29)36(52)41-23-14-15-23/h6-11,16-17,22-23,25H,5,12-15,18-20H2,1-4H3,(H,41,52)(H2,42,43,44,51)/t37-/m0/s1. The second-order valence-corrected chi connectivity index (χ2v) is 16.1. The second kappa shape index (κ2) is 13.4. The molecule has 3 aromatic heterocycles. The quantitative estimate of drug-likeness (QED) is 0.105. The Morgan fingerprint density at radius 2 is 1.79 bits per heavy atom. The monoisotopic (exact) mass is 815 g/mol. The number of anilines is 5. The largest absolute Gasteiger partial charge is 0.353 e. The van der Waals surface area contributed by atoms with Gasteiger partial charge in [0.1, 0.15) is 9.36 Å². The SMILES string of the molecule is CC[C@@]1(I)c2c(cnn2C2CN(Cc3cccc(N(C)C(C)=O)n3)C2)-c2cccc(Nc3cc(NC(=O)C4CC4)nnc3C(=O)NC3CC3)c2N1C. The zero-order valence-electron chi connectivity index (χ0n) is 29.7. The highest BCUT2D eigenvalue weighted by molar-refractivity contribution is 14.1. The maximum atomic E-state index is 13.3. The summed E-state index contributed by atoms with van der Waals surface area (Å²) >= 11 is 2.57. The first-order chi connectivity index (χ1) is 25.0. The smallest absolute Gasteiger partial charge is 0.274 e. The Balaban J connectivity index is 1.08. The molecular formula is C37H42IN11O3. The average Bonchev–Trinajstić information content (AvgIpc) is 4.07. The minimum atomic E-state index is -0.423. The van der Waals surface area contributed by atoms with Crippen LogP contribution in [0.3, 0.4) is 0 Å². The van der Waals surface area contributed by atoms with Crippen molar-refractivity contribution < 1.29 is 14.4 Å². The molecule has 5 heterocycles.